The van der Waals surface area contributed by atoms with E-state index in [0.717, 1.165) is 0 Å². The van der Waals surface area contributed by atoms with Gasteiger partial charge >= 0.3 is 0 Å². The fraction of sp³-hybridized carbons (Fsp3) is 0.364. The monoisotopic (exact) mass is 196 g/mol. The van der Waals surface area contributed by atoms with Crippen molar-refractivity contribution in [1.82, 2.24) is 0 Å². The van der Waals surface area contributed by atoms with Gasteiger partial charge in [0.05, 0.1) is 6.61 Å². The van der Waals surface area contributed by atoms with E-state index in [-0.39, 0.29) is 11.5 Å². The molecule has 0 heterocycles. The molecule has 0 saturated carbocycles. The second kappa shape index (κ2) is 4.22. The lowest BCUT2D eigenvalue weighted by Crippen LogP contribution is -2.00. The van der Waals surface area contributed by atoms with Crippen LogP contribution in [0.1, 0.15) is 29.8 Å². The zero-order valence-electron chi connectivity index (χ0n) is 8.56. The zero-order chi connectivity index (χ0) is 10.7. The Morgan fingerprint density at radius 1 is 1.50 bits per heavy atom. The van der Waals surface area contributed by atoms with Gasteiger partial charge in [0.25, 0.3) is 0 Å². The molecule has 1 aromatic rings. The molecular formula is C11H13FO2. The molecule has 0 aliphatic carbocycles. The summed E-state index contributed by atoms with van der Waals surface area (Å²) >= 11 is 0. The van der Waals surface area contributed by atoms with Gasteiger partial charge in [-0.15, -0.1) is 0 Å². The largest absolute Gasteiger partial charge is 0.491 e. The minimum absolute atomic E-state index is 0.0888. The van der Waals surface area contributed by atoms with E-state index in [9.17, 15) is 9.18 Å². The summed E-state index contributed by atoms with van der Waals surface area (Å²) in [5.74, 6) is -0.330. The molecule has 0 bridgehead atoms. The number of carbonyl (C=O) groups excluding carboxylic acids is 1. The molecule has 0 unspecified atom stereocenters. The van der Waals surface area contributed by atoms with Crippen LogP contribution in [0.5, 0.6) is 5.75 Å². The van der Waals surface area contributed by atoms with E-state index in [4.69, 9.17) is 4.74 Å². The molecule has 0 spiro atoms. The maximum atomic E-state index is 13.4. The van der Waals surface area contributed by atoms with Crippen molar-refractivity contribution in [2.75, 3.05) is 6.61 Å². The van der Waals surface area contributed by atoms with Crippen molar-refractivity contribution in [2.45, 2.75) is 20.8 Å². The zero-order valence-corrected chi connectivity index (χ0v) is 8.56. The van der Waals surface area contributed by atoms with Crippen molar-refractivity contribution in [3.8, 4) is 5.75 Å². The molecule has 0 aliphatic rings. The summed E-state index contributed by atoms with van der Waals surface area (Å²) in [6.45, 7) is 5.22. The van der Waals surface area contributed by atoms with Gasteiger partial charge in [-0.1, -0.05) is 0 Å². The number of aryl methyl sites for hydroxylation is 1. The third-order valence-electron chi connectivity index (χ3n) is 1.93. The van der Waals surface area contributed by atoms with Crippen LogP contribution < -0.4 is 4.74 Å². The van der Waals surface area contributed by atoms with Crippen LogP contribution in [0.2, 0.25) is 0 Å². The Labute approximate surface area is 82.7 Å². The summed E-state index contributed by atoms with van der Waals surface area (Å²) < 4.78 is 18.5. The second-order valence-corrected chi connectivity index (χ2v) is 3.09. The van der Waals surface area contributed by atoms with Crippen LogP contribution >= 0.6 is 0 Å². The van der Waals surface area contributed by atoms with Crippen molar-refractivity contribution in [3.63, 3.8) is 0 Å². The molecular weight excluding hydrogens is 183 g/mol. The van der Waals surface area contributed by atoms with E-state index in [0.29, 0.717) is 17.7 Å². The van der Waals surface area contributed by atoms with Gasteiger partial charge in [-0.3, -0.25) is 4.79 Å². The lowest BCUT2D eigenvalue weighted by molar-refractivity contribution is 0.101. The predicted molar refractivity (Wildman–Crippen MR) is 52.3 cm³/mol. The molecule has 0 amide bonds. The number of hydrogen-bond acceptors (Lipinski definition) is 2. The van der Waals surface area contributed by atoms with E-state index in [1.54, 1.807) is 13.8 Å². The summed E-state index contributed by atoms with van der Waals surface area (Å²) in [4.78, 5) is 11.1. The van der Waals surface area contributed by atoms with E-state index < -0.39 is 5.82 Å². The Kier molecular flexibility index (Phi) is 3.23. The fourth-order valence-electron chi connectivity index (χ4n) is 1.20. The first-order chi connectivity index (χ1) is 6.56. The van der Waals surface area contributed by atoms with Crippen molar-refractivity contribution >= 4 is 5.78 Å². The molecule has 3 heteroatoms. The lowest BCUT2D eigenvalue weighted by Gasteiger charge is -2.08. The minimum Gasteiger partial charge on any atom is -0.491 e. The number of rotatable bonds is 3. The predicted octanol–water partition coefficient (Wildman–Crippen LogP) is 2.74. The van der Waals surface area contributed by atoms with Gasteiger partial charge < -0.3 is 4.74 Å². The summed E-state index contributed by atoms with van der Waals surface area (Å²) in [5, 5.41) is 0. The molecule has 1 aromatic carbocycles. The highest BCUT2D eigenvalue weighted by Gasteiger charge is 2.10. The Hall–Kier alpha value is -1.38. The Bertz CT molecular complexity index is 359. The molecule has 0 aromatic heterocycles. The maximum Gasteiger partial charge on any atom is 0.168 e. The van der Waals surface area contributed by atoms with Gasteiger partial charge in [0.2, 0.25) is 0 Å². The van der Waals surface area contributed by atoms with Crippen molar-refractivity contribution in [2.24, 2.45) is 0 Å². The highest BCUT2D eigenvalue weighted by molar-refractivity contribution is 5.94. The van der Waals surface area contributed by atoms with Crippen molar-refractivity contribution in [3.05, 3.63) is 29.1 Å². The summed E-state index contributed by atoms with van der Waals surface area (Å²) in [7, 11) is 0. The first-order valence-electron chi connectivity index (χ1n) is 4.50. The Morgan fingerprint density at radius 3 is 2.64 bits per heavy atom. The molecule has 0 aliphatic heterocycles. The van der Waals surface area contributed by atoms with Gasteiger partial charge in [0, 0.05) is 5.56 Å². The van der Waals surface area contributed by atoms with Gasteiger partial charge in [0.15, 0.2) is 17.3 Å². The van der Waals surface area contributed by atoms with E-state index >= 15 is 0 Å². The molecule has 76 valence electrons. The molecule has 0 saturated heterocycles. The van der Waals surface area contributed by atoms with E-state index in [2.05, 4.69) is 0 Å². The molecule has 0 N–H and O–H groups in total. The van der Waals surface area contributed by atoms with Crippen LogP contribution in [0.3, 0.4) is 0 Å². The number of carbonyl (C=O) groups is 1. The Balaban J connectivity index is 3.20. The highest BCUT2D eigenvalue weighted by Crippen LogP contribution is 2.22. The van der Waals surface area contributed by atoms with Crippen molar-refractivity contribution in [1.29, 1.82) is 0 Å². The quantitative estimate of drug-likeness (QED) is 0.695. The average molecular weight is 196 g/mol. The minimum atomic E-state index is -0.392. The number of hydrogen-bond donors (Lipinski definition) is 0. The average Bonchev–Trinajstić information content (AvgIpc) is 2.12. The number of halogens is 1. The number of benzene rings is 1. The van der Waals surface area contributed by atoms with E-state index in [1.807, 2.05) is 0 Å². The lowest BCUT2D eigenvalue weighted by atomic mass is 10.1. The normalized spacial score (nSPS) is 10.0. The smallest absolute Gasteiger partial charge is 0.168 e. The molecule has 2 nitrogen and oxygen atoms in total. The van der Waals surface area contributed by atoms with Crippen LogP contribution in [-0.2, 0) is 0 Å². The molecule has 1 rings (SSSR count). The van der Waals surface area contributed by atoms with Crippen molar-refractivity contribution < 1.29 is 13.9 Å². The number of ketones is 1. The topological polar surface area (TPSA) is 26.3 Å². The van der Waals surface area contributed by atoms with Gasteiger partial charge in [-0.2, -0.15) is 0 Å². The second-order valence-electron chi connectivity index (χ2n) is 3.09. The third-order valence-corrected chi connectivity index (χ3v) is 1.93. The molecule has 0 radical (unpaired) electrons. The fourth-order valence-corrected chi connectivity index (χ4v) is 1.20. The third kappa shape index (κ3) is 2.10. The van der Waals surface area contributed by atoms with Gasteiger partial charge in [0.1, 0.15) is 0 Å². The summed E-state index contributed by atoms with van der Waals surface area (Å²) in [5.41, 5.74) is 0.911. The van der Waals surface area contributed by atoms with Crippen LogP contribution in [0, 0.1) is 12.7 Å². The number of ether oxygens (including phenoxy) is 1. The number of Topliss-reactive ketones (excluding diaryl/α,β-unsaturated/α-hetero) is 1. The molecule has 0 atom stereocenters. The Morgan fingerprint density at radius 2 is 2.14 bits per heavy atom. The summed E-state index contributed by atoms with van der Waals surface area (Å²) in [6, 6.07) is 2.97. The molecule has 0 fully saturated rings. The first-order valence-corrected chi connectivity index (χ1v) is 4.50. The van der Waals surface area contributed by atoms with Crippen LogP contribution in [0.25, 0.3) is 0 Å². The standard InChI is InChI=1S/C11H13FO2/c1-4-14-10-6-9(8(3)13)5-7(2)11(10)12/h5-6H,4H2,1-3H3. The van der Waals surface area contributed by atoms with E-state index in [1.165, 1.54) is 19.1 Å². The highest BCUT2D eigenvalue weighted by atomic mass is 19.1. The van der Waals surface area contributed by atoms with Crippen LogP contribution in [0.15, 0.2) is 12.1 Å². The van der Waals surface area contributed by atoms with Crippen LogP contribution in [0.4, 0.5) is 4.39 Å². The van der Waals surface area contributed by atoms with Gasteiger partial charge in [-0.25, -0.2) is 4.39 Å². The van der Waals surface area contributed by atoms with Crippen LogP contribution in [-0.4, -0.2) is 12.4 Å². The maximum absolute atomic E-state index is 13.4. The van der Waals surface area contributed by atoms with Gasteiger partial charge in [-0.05, 0) is 38.5 Å². The summed E-state index contributed by atoms with van der Waals surface area (Å²) in [6.07, 6.45) is 0. The SMILES string of the molecule is CCOc1cc(C(C)=O)cc(C)c1F. The molecule has 14 heavy (non-hydrogen) atoms. The first kappa shape index (κ1) is 10.7.